The lowest BCUT2D eigenvalue weighted by Crippen LogP contribution is -2.16. The van der Waals surface area contributed by atoms with Crippen molar-refractivity contribution in [3.05, 3.63) is 59.7 Å². The number of allylic oxidation sites excluding steroid dienone is 3. The van der Waals surface area contributed by atoms with Gasteiger partial charge in [-0.15, -0.1) is 0 Å². The van der Waals surface area contributed by atoms with Crippen LogP contribution in [-0.4, -0.2) is 23.8 Å². The summed E-state index contributed by atoms with van der Waals surface area (Å²) < 4.78 is 5.40. The van der Waals surface area contributed by atoms with Gasteiger partial charge in [-0.2, -0.15) is 0 Å². The zero-order valence-corrected chi connectivity index (χ0v) is 12.1. The van der Waals surface area contributed by atoms with E-state index in [0.717, 1.165) is 18.4 Å². The lowest BCUT2D eigenvalue weighted by molar-refractivity contribution is 0.0406. The molecule has 3 heteroatoms. The van der Waals surface area contributed by atoms with Crippen molar-refractivity contribution in [2.24, 2.45) is 0 Å². The largest absolute Gasteiger partial charge is 0.455 e. The third-order valence-corrected chi connectivity index (χ3v) is 2.96. The average Bonchev–Trinajstić information content (AvgIpc) is 2.47. The van der Waals surface area contributed by atoms with Gasteiger partial charge in [0, 0.05) is 6.61 Å². The van der Waals surface area contributed by atoms with E-state index in [0.29, 0.717) is 5.56 Å². The smallest absolute Gasteiger partial charge is 0.338 e. The molecule has 0 bridgehead atoms. The molecule has 0 aliphatic heterocycles. The Morgan fingerprint density at radius 1 is 1.35 bits per heavy atom. The molecule has 1 aromatic carbocycles. The van der Waals surface area contributed by atoms with Crippen LogP contribution in [0.3, 0.4) is 0 Å². The molecular formula is C17H22O3. The van der Waals surface area contributed by atoms with Crippen molar-refractivity contribution >= 4 is 5.97 Å². The number of carbonyl (C=O) groups excluding carboxylic acids is 1. The first kappa shape index (κ1) is 16.2. The van der Waals surface area contributed by atoms with Crippen LogP contribution in [0.4, 0.5) is 0 Å². The molecule has 0 aromatic heterocycles. The molecule has 1 atom stereocenters. The van der Waals surface area contributed by atoms with E-state index in [1.54, 1.807) is 12.1 Å². The summed E-state index contributed by atoms with van der Waals surface area (Å²) in [7, 11) is 0. The summed E-state index contributed by atoms with van der Waals surface area (Å²) in [5.41, 5.74) is 1.54. The molecule has 108 valence electrons. The Labute approximate surface area is 120 Å². The van der Waals surface area contributed by atoms with Crippen LogP contribution in [-0.2, 0) is 4.74 Å². The van der Waals surface area contributed by atoms with Crippen LogP contribution >= 0.6 is 0 Å². The lowest BCUT2D eigenvalue weighted by Gasteiger charge is -2.13. The van der Waals surface area contributed by atoms with Gasteiger partial charge >= 0.3 is 5.97 Å². The van der Waals surface area contributed by atoms with E-state index in [-0.39, 0.29) is 18.7 Å². The lowest BCUT2D eigenvalue weighted by atomic mass is 10.1. The van der Waals surface area contributed by atoms with Crippen LogP contribution < -0.4 is 0 Å². The quantitative estimate of drug-likeness (QED) is 0.470. The van der Waals surface area contributed by atoms with E-state index in [1.165, 1.54) is 0 Å². The van der Waals surface area contributed by atoms with Gasteiger partial charge in [0.2, 0.25) is 0 Å². The van der Waals surface area contributed by atoms with Gasteiger partial charge < -0.3 is 9.84 Å². The maximum Gasteiger partial charge on any atom is 0.338 e. The highest BCUT2D eigenvalue weighted by Crippen LogP contribution is 2.10. The van der Waals surface area contributed by atoms with Crippen molar-refractivity contribution in [2.75, 3.05) is 6.61 Å². The Kier molecular flexibility index (Phi) is 7.36. The predicted molar refractivity (Wildman–Crippen MR) is 80.5 cm³/mol. The average molecular weight is 274 g/mol. The van der Waals surface area contributed by atoms with Crippen LogP contribution in [0.1, 0.15) is 37.0 Å². The van der Waals surface area contributed by atoms with E-state index in [4.69, 9.17) is 9.84 Å². The van der Waals surface area contributed by atoms with E-state index < -0.39 is 0 Å². The van der Waals surface area contributed by atoms with Gasteiger partial charge in [0.15, 0.2) is 0 Å². The van der Waals surface area contributed by atoms with Crippen LogP contribution in [0.5, 0.6) is 0 Å². The molecule has 1 unspecified atom stereocenters. The minimum Gasteiger partial charge on any atom is -0.455 e. The number of aliphatic hydroxyl groups is 1. The minimum absolute atomic E-state index is 0.206. The molecule has 0 saturated heterocycles. The molecule has 1 aromatic rings. The zero-order valence-electron chi connectivity index (χ0n) is 12.1. The number of esters is 1. The summed E-state index contributed by atoms with van der Waals surface area (Å²) in [6.45, 7) is 3.99. The zero-order chi connectivity index (χ0) is 14.8. The number of ether oxygens (including phenoxy) is 1. The molecule has 0 fully saturated rings. The van der Waals surface area contributed by atoms with Gasteiger partial charge in [0.1, 0.15) is 6.10 Å². The molecule has 1 N–H and O–H groups in total. The van der Waals surface area contributed by atoms with Gasteiger partial charge in [-0.1, -0.05) is 36.4 Å². The van der Waals surface area contributed by atoms with Crippen LogP contribution in [0.25, 0.3) is 0 Å². The second-order valence-electron chi connectivity index (χ2n) is 4.62. The number of benzene rings is 1. The number of aliphatic hydroxyl groups excluding tert-OH is 1. The van der Waals surface area contributed by atoms with Crippen molar-refractivity contribution < 1.29 is 14.6 Å². The fraction of sp³-hybridized carbons (Fsp3) is 0.353. The summed E-state index contributed by atoms with van der Waals surface area (Å²) in [4.78, 5) is 11.9. The number of hydrogen-bond acceptors (Lipinski definition) is 3. The first-order valence-electron chi connectivity index (χ1n) is 6.85. The third kappa shape index (κ3) is 5.85. The van der Waals surface area contributed by atoms with Crippen molar-refractivity contribution in [3.8, 4) is 0 Å². The monoisotopic (exact) mass is 274 g/mol. The summed E-state index contributed by atoms with van der Waals surface area (Å²) in [6.07, 6.45) is 7.20. The van der Waals surface area contributed by atoms with Crippen LogP contribution in [0, 0.1) is 0 Å². The fourth-order valence-corrected chi connectivity index (χ4v) is 1.56. The third-order valence-electron chi connectivity index (χ3n) is 2.96. The molecule has 20 heavy (non-hydrogen) atoms. The second kappa shape index (κ2) is 9.10. The van der Waals surface area contributed by atoms with Crippen molar-refractivity contribution in [1.82, 2.24) is 0 Å². The highest BCUT2D eigenvalue weighted by Gasteiger charge is 2.12. The van der Waals surface area contributed by atoms with Crippen molar-refractivity contribution in [3.63, 3.8) is 0 Å². The van der Waals surface area contributed by atoms with E-state index in [1.807, 2.05) is 50.3 Å². The molecule has 0 saturated carbocycles. The van der Waals surface area contributed by atoms with Gasteiger partial charge in [-0.05, 0) is 44.4 Å². The SMILES string of the molecule is C/C(=C\C=C\CCCO)C(C)OC(=O)c1ccccc1. The number of carbonyl (C=O) groups is 1. The molecule has 1 rings (SSSR count). The highest BCUT2D eigenvalue weighted by atomic mass is 16.5. The minimum atomic E-state index is -0.310. The normalized spacial score (nSPS) is 13.4. The molecule has 0 heterocycles. The van der Waals surface area contributed by atoms with Crippen molar-refractivity contribution in [1.29, 1.82) is 0 Å². The van der Waals surface area contributed by atoms with E-state index >= 15 is 0 Å². The Morgan fingerprint density at radius 2 is 2.05 bits per heavy atom. The predicted octanol–water partition coefficient (Wildman–Crippen LogP) is 3.51. The fourth-order valence-electron chi connectivity index (χ4n) is 1.56. The molecule has 0 aliphatic rings. The van der Waals surface area contributed by atoms with Crippen LogP contribution in [0.2, 0.25) is 0 Å². The Balaban J connectivity index is 2.49. The molecular weight excluding hydrogens is 252 g/mol. The first-order chi connectivity index (χ1) is 9.65. The van der Waals surface area contributed by atoms with Gasteiger partial charge in [-0.3, -0.25) is 0 Å². The standard InChI is InChI=1S/C17H22O3/c1-14(10-6-3-4-9-13-18)15(2)20-17(19)16-11-7-5-8-12-16/h3,5-8,10-12,15,18H,4,9,13H2,1-2H3/b6-3+,14-10+. The second-order valence-corrected chi connectivity index (χ2v) is 4.62. The first-order valence-corrected chi connectivity index (χ1v) is 6.85. The molecule has 0 radical (unpaired) electrons. The molecule has 3 nitrogen and oxygen atoms in total. The maximum atomic E-state index is 11.9. The van der Waals surface area contributed by atoms with Gasteiger partial charge in [0.25, 0.3) is 0 Å². The summed E-state index contributed by atoms with van der Waals surface area (Å²) >= 11 is 0. The number of rotatable bonds is 7. The summed E-state index contributed by atoms with van der Waals surface area (Å²) in [6, 6.07) is 8.97. The summed E-state index contributed by atoms with van der Waals surface area (Å²) in [5, 5.41) is 8.66. The number of hydrogen-bond donors (Lipinski definition) is 1. The highest BCUT2D eigenvalue weighted by molar-refractivity contribution is 5.89. The van der Waals surface area contributed by atoms with Gasteiger partial charge in [-0.25, -0.2) is 4.79 Å². The van der Waals surface area contributed by atoms with Crippen LogP contribution in [0.15, 0.2) is 54.1 Å². The maximum absolute atomic E-state index is 11.9. The summed E-state index contributed by atoms with van der Waals surface area (Å²) in [5.74, 6) is -0.310. The van der Waals surface area contributed by atoms with E-state index in [2.05, 4.69) is 0 Å². The topological polar surface area (TPSA) is 46.5 Å². The Morgan fingerprint density at radius 3 is 2.70 bits per heavy atom. The molecule has 0 amide bonds. The van der Waals surface area contributed by atoms with E-state index in [9.17, 15) is 4.79 Å². The van der Waals surface area contributed by atoms with Crippen molar-refractivity contribution in [2.45, 2.75) is 32.8 Å². The Hall–Kier alpha value is -1.87. The molecule has 0 spiro atoms. The van der Waals surface area contributed by atoms with Gasteiger partial charge in [0.05, 0.1) is 5.56 Å². The molecule has 0 aliphatic carbocycles. The Bertz CT molecular complexity index is 460. The number of unbranched alkanes of at least 4 members (excludes halogenated alkanes) is 1.